The summed E-state index contributed by atoms with van der Waals surface area (Å²) >= 11 is 0. The molecule has 0 bridgehead atoms. The molecule has 0 aliphatic carbocycles. The van der Waals surface area contributed by atoms with Crippen molar-refractivity contribution in [1.29, 1.82) is 0 Å². The Kier molecular flexibility index (Phi) is 15.7. The summed E-state index contributed by atoms with van der Waals surface area (Å²) in [5.41, 5.74) is 0.576. The smallest absolute Gasteiger partial charge is 0.306 e. The Balaban J connectivity index is 1.88. The third-order valence-corrected chi connectivity index (χ3v) is 5.12. The fourth-order valence-electron chi connectivity index (χ4n) is 3.29. The lowest BCUT2D eigenvalue weighted by Crippen LogP contribution is -2.13. The van der Waals surface area contributed by atoms with Gasteiger partial charge in [-0.25, -0.2) is 0 Å². The van der Waals surface area contributed by atoms with E-state index < -0.39 is 0 Å². The van der Waals surface area contributed by atoms with Crippen LogP contribution in [0.3, 0.4) is 0 Å². The van der Waals surface area contributed by atoms with Gasteiger partial charge in [0.25, 0.3) is 0 Å². The molecule has 1 aromatic carbocycles. The predicted molar refractivity (Wildman–Crippen MR) is 121 cm³/mol. The molecule has 0 unspecified atom stereocenters. The number of carbonyl (C=O) groups excluding carboxylic acids is 2. The summed E-state index contributed by atoms with van der Waals surface area (Å²) in [6.45, 7) is 2.09. The molecule has 0 radical (unpaired) electrons. The maximum Gasteiger partial charge on any atom is 0.306 e. The van der Waals surface area contributed by atoms with Crippen molar-refractivity contribution in [2.45, 2.75) is 96.8 Å². The molecule has 0 atom stereocenters. The first-order valence-electron chi connectivity index (χ1n) is 11.6. The number of allylic oxidation sites excluding steroid dienone is 2. The first-order chi connectivity index (χ1) is 14.2. The first-order valence-corrected chi connectivity index (χ1v) is 11.6. The molecule has 29 heavy (non-hydrogen) atoms. The van der Waals surface area contributed by atoms with Gasteiger partial charge in [0.15, 0.2) is 12.4 Å². The minimum absolute atomic E-state index is 0.161. The monoisotopic (exact) mass is 400 g/mol. The van der Waals surface area contributed by atoms with Crippen molar-refractivity contribution in [3.05, 3.63) is 48.0 Å². The highest BCUT2D eigenvalue weighted by molar-refractivity contribution is 5.97. The molecule has 1 rings (SSSR count). The van der Waals surface area contributed by atoms with Gasteiger partial charge < -0.3 is 4.74 Å². The van der Waals surface area contributed by atoms with Crippen molar-refractivity contribution in [1.82, 2.24) is 0 Å². The molecule has 0 saturated carbocycles. The Bertz CT molecular complexity index is 563. The normalized spacial score (nSPS) is 11.1. The van der Waals surface area contributed by atoms with Gasteiger partial charge in [-0.2, -0.15) is 0 Å². The number of esters is 1. The zero-order valence-corrected chi connectivity index (χ0v) is 18.4. The van der Waals surface area contributed by atoms with Crippen molar-refractivity contribution in [3.8, 4) is 0 Å². The molecule has 3 nitrogen and oxygen atoms in total. The number of carbonyl (C=O) groups is 2. The SMILES string of the molecule is CCCCCCCCCCCCC/C=C/CCC(=O)OCC(=O)c1ccccc1. The van der Waals surface area contributed by atoms with E-state index in [4.69, 9.17) is 4.74 Å². The quantitative estimate of drug-likeness (QED) is 0.111. The summed E-state index contributed by atoms with van der Waals surface area (Å²) in [5.74, 6) is -0.473. The standard InChI is InChI=1S/C26H40O3/c1-2-3-4-5-6-7-8-9-10-11-12-13-14-15-19-22-26(28)29-23-25(27)24-20-17-16-18-21-24/h14-18,20-21H,2-13,19,22-23H2,1H3/b15-14+. The van der Waals surface area contributed by atoms with Crippen LogP contribution in [-0.2, 0) is 9.53 Å². The van der Waals surface area contributed by atoms with Crippen molar-refractivity contribution >= 4 is 11.8 Å². The first kappa shape index (κ1) is 25.1. The third kappa shape index (κ3) is 14.7. The molecule has 3 heteroatoms. The van der Waals surface area contributed by atoms with Crippen LogP contribution in [0.5, 0.6) is 0 Å². The number of unbranched alkanes of at least 4 members (excludes halogenated alkanes) is 11. The number of hydrogen-bond acceptors (Lipinski definition) is 3. The van der Waals surface area contributed by atoms with Crippen LogP contribution in [0.1, 0.15) is 107 Å². The summed E-state index contributed by atoms with van der Waals surface area (Å²) in [5, 5.41) is 0. The summed E-state index contributed by atoms with van der Waals surface area (Å²) in [7, 11) is 0. The number of benzene rings is 1. The lowest BCUT2D eigenvalue weighted by atomic mass is 10.1. The second-order valence-corrected chi connectivity index (χ2v) is 7.78. The second kappa shape index (κ2) is 18.1. The number of ketones is 1. The molecule has 0 aliphatic heterocycles. The molecular formula is C26H40O3. The molecule has 0 fully saturated rings. The molecule has 162 valence electrons. The van der Waals surface area contributed by atoms with Gasteiger partial charge >= 0.3 is 5.97 Å². The molecule has 0 amide bonds. The Labute approximate surface area is 177 Å². The van der Waals surface area contributed by atoms with Crippen LogP contribution in [-0.4, -0.2) is 18.4 Å². The number of hydrogen-bond donors (Lipinski definition) is 0. The fourth-order valence-corrected chi connectivity index (χ4v) is 3.29. The van der Waals surface area contributed by atoms with Gasteiger partial charge in [-0.05, 0) is 19.3 Å². The van der Waals surface area contributed by atoms with E-state index in [9.17, 15) is 9.59 Å². The van der Waals surface area contributed by atoms with Crippen LogP contribution in [0.25, 0.3) is 0 Å². The Hall–Kier alpha value is -1.90. The molecule has 0 spiro atoms. The maximum atomic E-state index is 11.9. The molecule has 0 N–H and O–H groups in total. The van der Waals surface area contributed by atoms with Crippen LogP contribution in [0, 0.1) is 0 Å². The van der Waals surface area contributed by atoms with E-state index in [1.165, 1.54) is 70.6 Å². The molecule has 1 aromatic rings. The number of ether oxygens (including phenoxy) is 1. The van der Waals surface area contributed by atoms with E-state index in [0.29, 0.717) is 18.4 Å². The molecule has 0 heterocycles. The Morgan fingerprint density at radius 1 is 0.759 bits per heavy atom. The van der Waals surface area contributed by atoms with Gasteiger partial charge in [0.1, 0.15) is 0 Å². The minimum Gasteiger partial charge on any atom is -0.457 e. The molecule has 0 aliphatic rings. The largest absolute Gasteiger partial charge is 0.457 e. The van der Waals surface area contributed by atoms with Crippen LogP contribution in [0.2, 0.25) is 0 Å². The zero-order chi connectivity index (χ0) is 21.0. The average Bonchev–Trinajstić information content (AvgIpc) is 2.75. The highest BCUT2D eigenvalue weighted by atomic mass is 16.5. The van der Waals surface area contributed by atoms with Crippen molar-refractivity contribution < 1.29 is 14.3 Å². The summed E-state index contributed by atoms with van der Waals surface area (Å²) in [6, 6.07) is 8.91. The van der Waals surface area contributed by atoms with E-state index in [1.807, 2.05) is 6.07 Å². The summed E-state index contributed by atoms with van der Waals surface area (Å²) in [6.07, 6.45) is 21.3. The van der Waals surface area contributed by atoms with Crippen molar-refractivity contribution in [3.63, 3.8) is 0 Å². The highest BCUT2D eigenvalue weighted by Gasteiger charge is 2.08. The van der Waals surface area contributed by atoms with E-state index in [0.717, 1.165) is 6.42 Å². The van der Waals surface area contributed by atoms with Gasteiger partial charge in [-0.15, -0.1) is 0 Å². The molecular weight excluding hydrogens is 360 g/mol. The van der Waals surface area contributed by atoms with Gasteiger partial charge in [-0.1, -0.05) is 114 Å². The maximum absolute atomic E-state index is 11.9. The van der Waals surface area contributed by atoms with E-state index in [-0.39, 0.29) is 18.4 Å². The fraction of sp³-hybridized carbons (Fsp3) is 0.615. The van der Waals surface area contributed by atoms with Gasteiger partial charge in [0.2, 0.25) is 0 Å². The number of Topliss-reactive ketones (excluding diaryl/α,β-unsaturated/α-hetero) is 1. The van der Waals surface area contributed by atoms with Gasteiger partial charge in [0.05, 0.1) is 0 Å². The zero-order valence-electron chi connectivity index (χ0n) is 18.4. The van der Waals surface area contributed by atoms with Crippen molar-refractivity contribution in [2.75, 3.05) is 6.61 Å². The van der Waals surface area contributed by atoms with Crippen LogP contribution in [0.15, 0.2) is 42.5 Å². The van der Waals surface area contributed by atoms with Crippen LogP contribution < -0.4 is 0 Å². The lowest BCUT2D eigenvalue weighted by molar-refractivity contribution is -0.142. The Morgan fingerprint density at radius 2 is 1.31 bits per heavy atom. The third-order valence-electron chi connectivity index (χ3n) is 5.12. The molecule has 0 saturated heterocycles. The lowest BCUT2D eigenvalue weighted by Gasteiger charge is -2.03. The average molecular weight is 401 g/mol. The van der Waals surface area contributed by atoms with Crippen LogP contribution in [0.4, 0.5) is 0 Å². The minimum atomic E-state index is -0.311. The second-order valence-electron chi connectivity index (χ2n) is 7.78. The Morgan fingerprint density at radius 3 is 1.93 bits per heavy atom. The van der Waals surface area contributed by atoms with Crippen LogP contribution >= 0.6 is 0 Å². The number of rotatable bonds is 18. The van der Waals surface area contributed by atoms with E-state index in [1.54, 1.807) is 24.3 Å². The summed E-state index contributed by atoms with van der Waals surface area (Å²) < 4.78 is 5.05. The highest BCUT2D eigenvalue weighted by Crippen LogP contribution is 2.12. The van der Waals surface area contributed by atoms with E-state index in [2.05, 4.69) is 19.1 Å². The van der Waals surface area contributed by atoms with Gasteiger partial charge in [0, 0.05) is 12.0 Å². The van der Waals surface area contributed by atoms with E-state index >= 15 is 0 Å². The summed E-state index contributed by atoms with van der Waals surface area (Å²) in [4.78, 5) is 23.6. The van der Waals surface area contributed by atoms with Gasteiger partial charge in [-0.3, -0.25) is 9.59 Å². The topological polar surface area (TPSA) is 43.4 Å². The van der Waals surface area contributed by atoms with Crippen molar-refractivity contribution in [2.24, 2.45) is 0 Å². The predicted octanol–water partition coefficient (Wildman–Crippen LogP) is 7.45. The molecule has 0 aromatic heterocycles.